The third-order valence-electron chi connectivity index (χ3n) is 10.1. The Hall–Kier alpha value is -6.37. The molecule has 11 rings (SSSR count). The van der Waals surface area contributed by atoms with Gasteiger partial charge in [0.1, 0.15) is 22.3 Å². The number of fused-ring (bicyclic) bond motifs is 9. The van der Waals surface area contributed by atoms with Gasteiger partial charge >= 0.3 is 0 Å². The van der Waals surface area contributed by atoms with Crippen molar-refractivity contribution in [1.29, 1.82) is 0 Å². The fourth-order valence-corrected chi connectivity index (χ4v) is 9.20. The second-order valence-electron chi connectivity index (χ2n) is 13.0. The molecule has 10 aromatic rings. The van der Waals surface area contributed by atoms with Crippen LogP contribution in [-0.2, 0) is 0 Å². The lowest BCUT2D eigenvalue weighted by Gasteiger charge is -2.20. The van der Waals surface area contributed by atoms with Gasteiger partial charge in [-0.15, -0.1) is 11.3 Å². The zero-order valence-corrected chi connectivity index (χ0v) is 28.0. The first-order chi connectivity index (χ1) is 25.3. The van der Waals surface area contributed by atoms with Crippen LogP contribution in [0.3, 0.4) is 0 Å². The van der Waals surface area contributed by atoms with Crippen LogP contribution in [0.2, 0.25) is 0 Å². The van der Waals surface area contributed by atoms with Crippen molar-refractivity contribution in [3.63, 3.8) is 0 Å². The first-order valence-corrected chi connectivity index (χ1v) is 17.9. The number of aromatic nitrogens is 3. The van der Waals surface area contributed by atoms with Gasteiger partial charge in [0.2, 0.25) is 0 Å². The van der Waals surface area contributed by atoms with E-state index in [1.165, 1.54) is 26.1 Å². The van der Waals surface area contributed by atoms with Crippen LogP contribution in [0.15, 0.2) is 148 Å². The van der Waals surface area contributed by atoms with E-state index in [0.717, 1.165) is 67.0 Å². The minimum atomic E-state index is 0.195. The van der Waals surface area contributed by atoms with E-state index in [-0.39, 0.29) is 5.92 Å². The SMILES string of the molecule is C1=Cc2c(sc3ccccc23)C(c2cccc3oc4cccc(-c5nc(-c6ccccc6)nc(-c6cccc7oc8ccccc8c67)n5)c4c23)C1. The zero-order valence-electron chi connectivity index (χ0n) is 27.2. The number of rotatable bonds is 4. The quantitative estimate of drug-likeness (QED) is 0.186. The predicted octanol–water partition coefficient (Wildman–Crippen LogP) is 12.4. The van der Waals surface area contributed by atoms with E-state index >= 15 is 0 Å². The third kappa shape index (κ3) is 4.36. The molecule has 4 heterocycles. The molecule has 4 aromatic heterocycles. The van der Waals surface area contributed by atoms with Gasteiger partial charge in [-0.1, -0.05) is 115 Å². The molecule has 1 unspecified atom stereocenters. The van der Waals surface area contributed by atoms with Crippen LogP contribution in [0.1, 0.15) is 28.3 Å². The van der Waals surface area contributed by atoms with Gasteiger partial charge in [-0.3, -0.25) is 0 Å². The standard InChI is InChI=1S/C45H27N3O2S/c1-2-12-26(13-3-1)43-46-44(32-19-10-22-35-39(32)31-15-4-6-21-34(31)49-35)48-45(47-43)33-20-11-24-37-41(33)40-28(16-9-23-36(40)50-37)30-18-8-17-29-27-14-5-7-25-38(27)51-42(29)30/h1-17,19-25,30H,18H2. The third-order valence-corrected chi connectivity index (χ3v) is 11.4. The largest absolute Gasteiger partial charge is 0.456 e. The summed E-state index contributed by atoms with van der Waals surface area (Å²) in [6.07, 6.45) is 5.54. The molecular weight excluding hydrogens is 647 g/mol. The molecule has 1 aliphatic rings. The van der Waals surface area contributed by atoms with Crippen molar-refractivity contribution >= 4 is 71.4 Å². The molecule has 240 valence electrons. The molecule has 0 saturated carbocycles. The van der Waals surface area contributed by atoms with E-state index < -0.39 is 0 Å². The van der Waals surface area contributed by atoms with Crippen LogP contribution in [0.5, 0.6) is 0 Å². The zero-order chi connectivity index (χ0) is 33.5. The minimum Gasteiger partial charge on any atom is -0.456 e. The summed E-state index contributed by atoms with van der Waals surface area (Å²) in [5.74, 6) is 1.99. The average molecular weight is 674 g/mol. The Morgan fingerprint density at radius 3 is 1.94 bits per heavy atom. The summed E-state index contributed by atoms with van der Waals surface area (Å²) in [5.41, 5.74) is 8.61. The van der Waals surface area contributed by atoms with E-state index in [0.29, 0.717) is 17.5 Å². The normalized spacial score (nSPS) is 14.3. The van der Waals surface area contributed by atoms with E-state index in [1.807, 2.05) is 84.1 Å². The lowest BCUT2D eigenvalue weighted by atomic mass is 9.85. The summed E-state index contributed by atoms with van der Waals surface area (Å²) >= 11 is 1.90. The highest BCUT2D eigenvalue weighted by atomic mass is 32.1. The Morgan fingerprint density at radius 2 is 1.12 bits per heavy atom. The Kier molecular flexibility index (Phi) is 6.18. The molecule has 1 aliphatic carbocycles. The molecule has 51 heavy (non-hydrogen) atoms. The summed E-state index contributed by atoms with van der Waals surface area (Å²) < 4.78 is 14.2. The monoisotopic (exact) mass is 673 g/mol. The second kappa shape index (κ2) is 11.1. The van der Waals surface area contributed by atoms with Gasteiger partial charge < -0.3 is 8.83 Å². The maximum absolute atomic E-state index is 6.62. The van der Waals surface area contributed by atoms with Crippen LogP contribution in [0.25, 0.3) is 94.2 Å². The highest BCUT2D eigenvalue weighted by molar-refractivity contribution is 7.19. The van der Waals surface area contributed by atoms with E-state index in [4.69, 9.17) is 23.8 Å². The topological polar surface area (TPSA) is 65.0 Å². The predicted molar refractivity (Wildman–Crippen MR) is 208 cm³/mol. The number of para-hydroxylation sites is 1. The number of allylic oxidation sites excluding steroid dienone is 1. The number of benzene rings is 6. The molecule has 0 N–H and O–H groups in total. The van der Waals surface area contributed by atoms with Crippen LogP contribution in [0.4, 0.5) is 0 Å². The molecule has 6 aromatic carbocycles. The summed E-state index contributed by atoms with van der Waals surface area (Å²) in [7, 11) is 0. The van der Waals surface area contributed by atoms with Gasteiger partial charge in [0.15, 0.2) is 17.5 Å². The summed E-state index contributed by atoms with van der Waals surface area (Å²) in [6.45, 7) is 0. The Bertz CT molecular complexity index is 3020. The van der Waals surface area contributed by atoms with Gasteiger partial charge in [0, 0.05) is 53.7 Å². The minimum absolute atomic E-state index is 0.195. The molecule has 0 saturated heterocycles. The molecule has 0 fully saturated rings. The van der Waals surface area contributed by atoms with Crippen molar-refractivity contribution in [2.75, 3.05) is 0 Å². The maximum atomic E-state index is 6.62. The highest BCUT2D eigenvalue weighted by Gasteiger charge is 2.28. The van der Waals surface area contributed by atoms with Crippen molar-refractivity contribution in [1.82, 2.24) is 15.0 Å². The number of furan rings is 2. The molecule has 0 bridgehead atoms. The first-order valence-electron chi connectivity index (χ1n) is 17.1. The summed E-state index contributed by atoms with van der Waals surface area (Å²) in [6, 6.07) is 45.7. The van der Waals surface area contributed by atoms with Crippen molar-refractivity contribution in [2.24, 2.45) is 0 Å². The molecule has 0 aliphatic heterocycles. The lowest BCUT2D eigenvalue weighted by molar-refractivity contribution is 0.668. The fourth-order valence-electron chi connectivity index (χ4n) is 7.88. The van der Waals surface area contributed by atoms with Crippen molar-refractivity contribution in [2.45, 2.75) is 12.3 Å². The van der Waals surface area contributed by atoms with Crippen molar-refractivity contribution < 1.29 is 8.83 Å². The first kappa shape index (κ1) is 28.5. The Labute approximate surface area is 296 Å². The van der Waals surface area contributed by atoms with Crippen LogP contribution >= 0.6 is 11.3 Å². The van der Waals surface area contributed by atoms with Gasteiger partial charge in [-0.2, -0.15) is 0 Å². The number of nitrogens with zero attached hydrogens (tertiary/aromatic N) is 3. The Morgan fingerprint density at radius 1 is 0.510 bits per heavy atom. The smallest absolute Gasteiger partial charge is 0.164 e. The summed E-state index contributed by atoms with van der Waals surface area (Å²) in [5, 5.41) is 5.46. The number of hydrogen-bond donors (Lipinski definition) is 0. The fraction of sp³-hybridized carbons (Fsp3) is 0.0444. The molecule has 0 radical (unpaired) electrons. The van der Waals surface area contributed by atoms with E-state index in [2.05, 4.69) is 72.8 Å². The highest BCUT2D eigenvalue weighted by Crippen LogP contribution is 2.48. The van der Waals surface area contributed by atoms with Gasteiger partial charge in [-0.25, -0.2) is 15.0 Å². The van der Waals surface area contributed by atoms with Crippen LogP contribution in [0, 0.1) is 0 Å². The number of hydrogen-bond acceptors (Lipinski definition) is 6. The maximum Gasteiger partial charge on any atom is 0.164 e. The lowest BCUT2D eigenvalue weighted by Crippen LogP contribution is -2.03. The van der Waals surface area contributed by atoms with E-state index in [9.17, 15) is 0 Å². The molecule has 5 nitrogen and oxygen atoms in total. The van der Waals surface area contributed by atoms with Gasteiger partial charge in [0.05, 0.1) is 0 Å². The molecule has 0 spiro atoms. The van der Waals surface area contributed by atoms with Gasteiger partial charge in [0.25, 0.3) is 0 Å². The van der Waals surface area contributed by atoms with Crippen molar-refractivity contribution in [3.8, 4) is 34.2 Å². The van der Waals surface area contributed by atoms with Crippen LogP contribution < -0.4 is 0 Å². The Balaban J connectivity index is 1.18. The summed E-state index contributed by atoms with van der Waals surface area (Å²) in [4.78, 5) is 16.9. The molecule has 1 atom stereocenters. The molecular formula is C45H27N3O2S. The van der Waals surface area contributed by atoms with Crippen LogP contribution in [-0.4, -0.2) is 15.0 Å². The average Bonchev–Trinajstić information content (AvgIpc) is 3.89. The second-order valence-corrected chi connectivity index (χ2v) is 14.1. The van der Waals surface area contributed by atoms with Gasteiger partial charge in [-0.05, 0) is 53.3 Å². The van der Waals surface area contributed by atoms with E-state index in [1.54, 1.807) is 0 Å². The number of thiophene rings is 1. The van der Waals surface area contributed by atoms with Crippen molar-refractivity contribution in [3.05, 3.63) is 156 Å². The molecule has 0 amide bonds. The molecule has 6 heteroatoms.